The van der Waals surface area contributed by atoms with E-state index in [0.717, 1.165) is 5.56 Å². The molecule has 21 heavy (non-hydrogen) atoms. The molecule has 0 aliphatic carbocycles. The van der Waals surface area contributed by atoms with E-state index in [1.807, 2.05) is 6.07 Å². The van der Waals surface area contributed by atoms with Crippen molar-refractivity contribution in [2.75, 3.05) is 0 Å². The van der Waals surface area contributed by atoms with E-state index in [4.69, 9.17) is 0 Å². The van der Waals surface area contributed by atoms with E-state index >= 15 is 0 Å². The Morgan fingerprint density at radius 2 is 2.10 bits per heavy atom. The molecule has 1 aromatic carbocycles. The molecule has 2 aromatic heterocycles. The molecule has 0 unspecified atom stereocenters. The Morgan fingerprint density at radius 3 is 2.90 bits per heavy atom. The van der Waals surface area contributed by atoms with Gasteiger partial charge in [0.25, 0.3) is 0 Å². The lowest BCUT2D eigenvalue weighted by Crippen LogP contribution is -2.42. The fraction of sp³-hybridized carbons (Fsp3) is 0.133. The molecule has 0 spiro atoms. The first kappa shape index (κ1) is 12.0. The van der Waals surface area contributed by atoms with Crippen molar-refractivity contribution in [3.8, 4) is 17.3 Å². The fourth-order valence-corrected chi connectivity index (χ4v) is 2.69. The van der Waals surface area contributed by atoms with E-state index in [1.165, 1.54) is 15.4 Å². The smallest absolute Gasteiger partial charge is 0.194 e. The quantitative estimate of drug-likeness (QED) is 0.622. The van der Waals surface area contributed by atoms with Crippen LogP contribution < -0.4 is 9.79 Å². The third-order valence-electron chi connectivity index (χ3n) is 3.68. The molecule has 5 nitrogen and oxygen atoms in total. The van der Waals surface area contributed by atoms with Gasteiger partial charge >= 0.3 is 0 Å². The van der Waals surface area contributed by atoms with E-state index in [2.05, 4.69) is 10.2 Å². The van der Waals surface area contributed by atoms with Crippen LogP contribution in [-0.4, -0.2) is 14.9 Å². The van der Waals surface area contributed by atoms with Crippen LogP contribution in [0.15, 0.2) is 42.7 Å². The monoisotopic (exact) mass is 282 g/mol. The molecule has 0 atom stereocenters. The van der Waals surface area contributed by atoms with E-state index in [9.17, 15) is 9.50 Å². The highest BCUT2D eigenvalue weighted by Crippen LogP contribution is 2.25. The van der Waals surface area contributed by atoms with Crippen molar-refractivity contribution in [1.82, 2.24) is 14.9 Å². The number of halogens is 1. The Labute approximate surface area is 119 Å². The SMILES string of the molecule is [O-]c1c2[n+](nn1-c1cccnc1)-c1c(F)cccc1CC2. The van der Waals surface area contributed by atoms with Crippen LogP contribution in [-0.2, 0) is 12.8 Å². The second-order valence-corrected chi connectivity index (χ2v) is 4.92. The van der Waals surface area contributed by atoms with E-state index in [0.29, 0.717) is 29.9 Å². The van der Waals surface area contributed by atoms with Crippen LogP contribution in [0, 0.1) is 5.82 Å². The predicted octanol–water partition coefficient (Wildman–Crippen LogP) is 0.855. The first-order chi connectivity index (χ1) is 10.3. The number of aromatic nitrogens is 4. The predicted molar refractivity (Wildman–Crippen MR) is 69.7 cm³/mol. The molecule has 0 N–H and O–H groups in total. The van der Waals surface area contributed by atoms with Gasteiger partial charge in [-0.1, -0.05) is 16.8 Å². The average molecular weight is 282 g/mol. The molecule has 1 aliphatic heterocycles. The van der Waals surface area contributed by atoms with Gasteiger partial charge in [0.2, 0.25) is 0 Å². The van der Waals surface area contributed by atoms with Crippen molar-refractivity contribution >= 4 is 0 Å². The zero-order chi connectivity index (χ0) is 14.4. The average Bonchev–Trinajstić information content (AvgIpc) is 2.85. The Kier molecular flexibility index (Phi) is 2.50. The standard InChI is InChI=1S/C15H11FN4O/c16-12-5-1-3-10-6-7-13-15(21)19(18-20(13)14(10)12)11-4-2-8-17-9-11/h1-5,8-9H,6-7H2. The lowest BCUT2D eigenvalue weighted by molar-refractivity contribution is -0.673. The molecule has 0 amide bonds. The largest absolute Gasteiger partial charge is 0.838 e. The van der Waals surface area contributed by atoms with Crippen molar-refractivity contribution in [1.29, 1.82) is 0 Å². The summed E-state index contributed by atoms with van der Waals surface area (Å²) in [5, 5.41) is 16.7. The Hall–Kier alpha value is -2.76. The lowest BCUT2D eigenvalue weighted by Gasteiger charge is -2.13. The molecule has 0 bridgehead atoms. The highest BCUT2D eigenvalue weighted by atomic mass is 19.1. The molecule has 1 aliphatic rings. The summed E-state index contributed by atoms with van der Waals surface area (Å²) in [5.74, 6) is -0.591. The summed E-state index contributed by atoms with van der Waals surface area (Å²) in [7, 11) is 0. The van der Waals surface area contributed by atoms with Crippen LogP contribution in [0.2, 0.25) is 0 Å². The van der Waals surface area contributed by atoms with Crippen molar-refractivity contribution < 1.29 is 14.2 Å². The van der Waals surface area contributed by atoms with Crippen LogP contribution in [0.4, 0.5) is 4.39 Å². The number of rotatable bonds is 1. The third-order valence-corrected chi connectivity index (χ3v) is 3.68. The van der Waals surface area contributed by atoms with Gasteiger partial charge in [-0.05, 0) is 24.6 Å². The number of hydrogen-bond acceptors (Lipinski definition) is 3. The minimum absolute atomic E-state index is 0.225. The topological polar surface area (TPSA) is 57.6 Å². The van der Waals surface area contributed by atoms with Crippen molar-refractivity contribution in [3.63, 3.8) is 0 Å². The molecule has 6 heteroatoms. The number of hydrogen-bond donors (Lipinski definition) is 0. The van der Waals surface area contributed by atoms with E-state index < -0.39 is 0 Å². The minimum Gasteiger partial charge on any atom is -0.838 e. The van der Waals surface area contributed by atoms with Gasteiger partial charge in [0.15, 0.2) is 22.9 Å². The second kappa shape index (κ2) is 4.37. The first-order valence-electron chi connectivity index (χ1n) is 6.65. The van der Waals surface area contributed by atoms with Crippen LogP contribution in [0.5, 0.6) is 5.88 Å². The summed E-state index contributed by atoms with van der Waals surface area (Å²) in [6, 6.07) is 8.40. The van der Waals surface area contributed by atoms with Crippen LogP contribution in [0.1, 0.15) is 11.3 Å². The highest BCUT2D eigenvalue weighted by molar-refractivity contribution is 5.40. The van der Waals surface area contributed by atoms with Gasteiger partial charge in [0.1, 0.15) is 11.1 Å². The van der Waals surface area contributed by atoms with E-state index in [-0.39, 0.29) is 11.7 Å². The summed E-state index contributed by atoms with van der Waals surface area (Å²) in [4.78, 5) is 3.99. The fourth-order valence-electron chi connectivity index (χ4n) is 2.69. The van der Waals surface area contributed by atoms with Crippen LogP contribution in [0.25, 0.3) is 11.4 Å². The molecule has 4 rings (SSSR count). The number of para-hydroxylation sites is 1. The zero-order valence-electron chi connectivity index (χ0n) is 11.0. The van der Waals surface area contributed by atoms with Gasteiger partial charge in [0.05, 0.1) is 6.20 Å². The first-order valence-corrected chi connectivity index (χ1v) is 6.65. The number of aryl methyl sites for hydroxylation is 1. The molecular weight excluding hydrogens is 271 g/mol. The maximum absolute atomic E-state index is 14.1. The second-order valence-electron chi connectivity index (χ2n) is 4.92. The highest BCUT2D eigenvalue weighted by Gasteiger charge is 2.30. The molecule has 0 fully saturated rings. The number of fused-ring (bicyclic) bond motifs is 3. The van der Waals surface area contributed by atoms with Gasteiger partial charge in [-0.2, -0.15) is 0 Å². The Bertz CT molecular complexity index is 829. The van der Waals surface area contributed by atoms with Crippen molar-refractivity contribution in [2.45, 2.75) is 12.8 Å². The maximum atomic E-state index is 14.1. The van der Waals surface area contributed by atoms with Crippen molar-refractivity contribution in [2.24, 2.45) is 0 Å². The summed E-state index contributed by atoms with van der Waals surface area (Å²) in [6.45, 7) is 0. The molecule has 3 aromatic rings. The van der Waals surface area contributed by atoms with E-state index in [1.54, 1.807) is 30.6 Å². The summed E-state index contributed by atoms with van der Waals surface area (Å²) >= 11 is 0. The van der Waals surface area contributed by atoms with Crippen LogP contribution in [0.3, 0.4) is 0 Å². The van der Waals surface area contributed by atoms with Crippen molar-refractivity contribution in [3.05, 3.63) is 59.8 Å². The van der Waals surface area contributed by atoms with Gasteiger partial charge in [-0.25, -0.2) is 4.39 Å². The molecule has 0 saturated carbocycles. The zero-order valence-corrected chi connectivity index (χ0v) is 11.0. The normalized spacial score (nSPS) is 12.8. The van der Waals surface area contributed by atoms with Crippen LogP contribution >= 0.6 is 0 Å². The van der Waals surface area contributed by atoms with Gasteiger partial charge in [-0.15, -0.1) is 4.68 Å². The Balaban J connectivity index is 1.97. The third kappa shape index (κ3) is 1.72. The molecule has 0 radical (unpaired) electrons. The number of pyridine rings is 1. The molecular formula is C15H11FN4O. The van der Waals surface area contributed by atoms with Gasteiger partial charge in [0, 0.05) is 18.2 Å². The minimum atomic E-state index is -0.366. The van der Waals surface area contributed by atoms with Gasteiger partial charge in [-0.3, -0.25) is 4.98 Å². The summed E-state index contributed by atoms with van der Waals surface area (Å²) in [5.41, 5.74) is 2.31. The summed E-state index contributed by atoms with van der Waals surface area (Å²) < 4.78 is 16.8. The number of benzene rings is 1. The maximum Gasteiger partial charge on any atom is 0.194 e. The summed E-state index contributed by atoms with van der Waals surface area (Å²) in [6.07, 6.45) is 4.37. The van der Waals surface area contributed by atoms with Gasteiger partial charge < -0.3 is 5.11 Å². The molecule has 0 saturated heterocycles. The molecule has 3 heterocycles. The lowest BCUT2D eigenvalue weighted by atomic mass is 10.0. The Morgan fingerprint density at radius 1 is 1.19 bits per heavy atom. The number of nitrogens with zero attached hydrogens (tertiary/aromatic N) is 4. The molecule has 104 valence electrons.